The second-order valence-electron chi connectivity index (χ2n) is 3.78. The maximum absolute atomic E-state index is 10.8. The van der Waals surface area contributed by atoms with E-state index in [0.29, 0.717) is 5.56 Å². The van der Waals surface area contributed by atoms with E-state index >= 15 is 0 Å². The third-order valence-electron chi connectivity index (χ3n) is 2.54. The number of halogens is 1. The molecule has 0 aliphatic rings. The maximum atomic E-state index is 10.8. The maximum Gasteiger partial charge on any atom is 0.272 e. The fraction of sp³-hybridized carbons (Fsp3) is 0.333. The van der Waals surface area contributed by atoms with Gasteiger partial charge in [-0.25, -0.2) is 0 Å². The van der Waals surface area contributed by atoms with E-state index in [4.69, 9.17) is 5.73 Å². The summed E-state index contributed by atoms with van der Waals surface area (Å²) in [6, 6.07) is 4.97. The summed E-state index contributed by atoms with van der Waals surface area (Å²) in [5.74, 6) is 0. The van der Waals surface area contributed by atoms with Crippen LogP contribution in [0, 0.1) is 17.0 Å². The zero-order chi connectivity index (χ0) is 12.1. The van der Waals surface area contributed by atoms with E-state index in [0.717, 1.165) is 18.4 Å². The number of nitrogens with two attached hydrogens (primary N) is 1. The topological polar surface area (TPSA) is 69.2 Å². The van der Waals surface area contributed by atoms with E-state index in [9.17, 15) is 10.1 Å². The van der Waals surface area contributed by atoms with Crippen molar-refractivity contribution in [3.8, 4) is 0 Å². The number of benzene rings is 1. The van der Waals surface area contributed by atoms with Crippen molar-refractivity contribution in [2.75, 3.05) is 0 Å². The van der Waals surface area contributed by atoms with Crippen molar-refractivity contribution in [3.05, 3.63) is 52.1 Å². The molecule has 4 nitrogen and oxygen atoms in total. The largest absolute Gasteiger partial charge is 0.324 e. The van der Waals surface area contributed by atoms with Crippen molar-refractivity contribution < 1.29 is 4.92 Å². The standard InChI is InChI=1S/C12H16N2O2.ClH/c1-3-4-5-11(13)10-7-6-9(2)12(8-10)14(15)16;/h3,6-8,11H,1,4-5,13H2,2H3;1H/t11-;/m0./s1. The van der Waals surface area contributed by atoms with Gasteiger partial charge in [0, 0.05) is 17.7 Å². The molecule has 0 spiro atoms. The molecule has 1 aromatic carbocycles. The number of hydrogen-bond acceptors (Lipinski definition) is 3. The van der Waals surface area contributed by atoms with Crippen molar-refractivity contribution in [1.29, 1.82) is 0 Å². The second-order valence-corrected chi connectivity index (χ2v) is 3.78. The van der Waals surface area contributed by atoms with Crippen LogP contribution >= 0.6 is 12.4 Å². The second kappa shape index (κ2) is 7.04. The molecule has 0 aromatic heterocycles. The summed E-state index contributed by atoms with van der Waals surface area (Å²) in [5, 5.41) is 10.8. The lowest BCUT2D eigenvalue weighted by Gasteiger charge is -2.11. The average Bonchev–Trinajstić information content (AvgIpc) is 2.26. The predicted octanol–water partition coefficient (Wildman–Crippen LogP) is 3.29. The fourth-order valence-corrected chi connectivity index (χ4v) is 1.52. The normalized spacial score (nSPS) is 11.4. The van der Waals surface area contributed by atoms with Gasteiger partial charge in [0.1, 0.15) is 0 Å². The molecule has 1 atom stereocenters. The first-order chi connectivity index (χ1) is 7.56. The van der Waals surface area contributed by atoms with Gasteiger partial charge in [-0.2, -0.15) is 0 Å². The highest BCUT2D eigenvalue weighted by atomic mass is 35.5. The predicted molar refractivity (Wildman–Crippen MR) is 71.4 cm³/mol. The Morgan fingerprint density at radius 3 is 2.76 bits per heavy atom. The molecule has 1 rings (SSSR count). The molecule has 5 heteroatoms. The molecule has 94 valence electrons. The Balaban J connectivity index is 0.00000256. The summed E-state index contributed by atoms with van der Waals surface area (Å²) >= 11 is 0. The summed E-state index contributed by atoms with van der Waals surface area (Å²) < 4.78 is 0. The van der Waals surface area contributed by atoms with Gasteiger partial charge in [-0.15, -0.1) is 19.0 Å². The van der Waals surface area contributed by atoms with Crippen molar-refractivity contribution >= 4 is 18.1 Å². The van der Waals surface area contributed by atoms with Crippen molar-refractivity contribution in [2.45, 2.75) is 25.8 Å². The first-order valence-corrected chi connectivity index (χ1v) is 5.17. The number of nitro groups is 1. The molecule has 1 aromatic rings. The number of nitro benzene ring substituents is 1. The third kappa shape index (κ3) is 4.17. The van der Waals surface area contributed by atoms with Crippen LogP contribution in [-0.2, 0) is 0 Å². The monoisotopic (exact) mass is 256 g/mol. The Kier molecular flexibility index (Phi) is 6.46. The Labute approximate surface area is 107 Å². The minimum atomic E-state index is -0.376. The smallest absolute Gasteiger partial charge is 0.272 e. The Bertz CT molecular complexity index is 407. The van der Waals surface area contributed by atoms with E-state index in [2.05, 4.69) is 6.58 Å². The summed E-state index contributed by atoms with van der Waals surface area (Å²) in [6.45, 7) is 5.34. The van der Waals surface area contributed by atoms with E-state index in [1.807, 2.05) is 6.07 Å². The van der Waals surface area contributed by atoms with Crippen molar-refractivity contribution in [2.24, 2.45) is 5.73 Å². The summed E-state index contributed by atoms with van der Waals surface area (Å²) in [6.07, 6.45) is 3.36. The molecular weight excluding hydrogens is 240 g/mol. The Morgan fingerprint density at radius 1 is 1.59 bits per heavy atom. The lowest BCUT2D eigenvalue weighted by molar-refractivity contribution is -0.385. The summed E-state index contributed by atoms with van der Waals surface area (Å²) in [7, 11) is 0. The number of allylic oxidation sites excluding steroid dienone is 1. The lowest BCUT2D eigenvalue weighted by atomic mass is 10.0. The van der Waals surface area contributed by atoms with Gasteiger partial charge in [0.15, 0.2) is 0 Å². The van der Waals surface area contributed by atoms with Gasteiger partial charge < -0.3 is 5.73 Å². The molecule has 0 saturated heterocycles. The molecule has 0 saturated carbocycles. The van der Waals surface area contributed by atoms with Crippen LogP contribution in [0.3, 0.4) is 0 Å². The van der Waals surface area contributed by atoms with E-state index in [-0.39, 0.29) is 29.1 Å². The van der Waals surface area contributed by atoms with Gasteiger partial charge in [0.2, 0.25) is 0 Å². The van der Waals surface area contributed by atoms with Crippen LogP contribution in [0.5, 0.6) is 0 Å². The van der Waals surface area contributed by atoms with Crippen LogP contribution < -0.4 is 5.73 Å². The third-order valence-corrected chi connectivity index (χ3v) is 2.54. The van der Waals surface area contributed by atoms with Crippen LogP contribution in [0.25, 0.3) is 0 Å². The van der Waals surface area contributed by atoms with Crippen molar-refractivity contribution in [1.82, 2.24) is 0 Å². The van der Waals surface area contributed by atoms with Crippen LogP contribution in [-0.4, -0.2) is 4.92 Å². The SMILES string of the molecule is C=CCC[C@H](N)c1ccc(C)c([N+](=O)[O-])c1.Cl. The molecular formula is C12H17ClN2O2. The van der Waals surface area contributed by atoms with Gasteiger partial charge in [0.25, 0.3) is 5.69 Å². The number of nitrogens with zero attached hydrogens (tertiary/aromatic N) is 1. The minimum absolute atomic E-state index is 0. The van der Waals surface area contributed by atoms with Crippen LogP contribution in [0.1, 0.15) is 30.0 Å². The quantitative estimate of drug-likeness (QED) is 0.499. The Hall–Kier alpha value is -1.39. The molecule has 0 unspecified atom stereocenters. The van der Waals surface area contributed by atoms with Gasteiger partial charge in [-0.1, -0.05) is 18.2 Å². The first-order valence-electron chi connectivity index (χ1n) is 5.17. The van der Waals surface area contributed by atoms with Gasteiger partial charge in [0.05, 0.1) is 4.92 Å². The van der Waals surface area contributed by atoms with Crippen molar-refractivity contribution in [3.63, 3.8) is 0 Å². The summed E-state index contributed by atoms with van der Waals surface area (Å²) in [4.78, 5) is 10.4. The molecule has 0 heterocycles. The highest BCUT2D eigenvalue weighted by Gasteiger charge is 2.13. The number of hydrogen-bond donors (Lipinski definition) is 1. The number of rotatable bonds is 5. The van der Waals surface area contributed by atoms with Gasteiger partial charge in [-0.05, 0) is 25.3 Å². The Morgan fingerprint density at radius 2 is 2.24 bits per heavy atom. The van der Waals surface area contributed by atoms with Gasteiger partial charge >= 0.3 is 0 Å². The molecule has 0 aliphatic carbocycles. The molecule has 0 radical (unpaired) electrons. The minimum Gasteiger partial charge on any atom is -0.324 e. The molecule has 2 N–H and O–H groups in total. The average molecular weight is 257 g/mol. The molecule has 0 bridgehead atoms. The first kappa shape index (κ1) is 15.6. The van der Waals surface area contributed by atoms with E-state index in [1.165, 1.54) is 0 Å². The van der Waals surface area contributed by atoms with E-state index < -0.39 is 0 Å². The molecule has 17 heavy (non-hydrogen) atoms. The van der Waals surface area contributed by atoms with E-state index in [1.54, 1.807) is 25.1 Å². The van der Waals surface area contributed by atoms with Crippen LogP contribution in [0.4, 0.5) is 5.69 Å². The zero-order valence-electron chi connectivity index (χ0n) is 9.76. The van der Waals surface area contributed by atoms with Gasteiger partial charge in [-0.3, -0.25) is 10.1 Å². The molecule has 0 fully saturated rings. The molecule has 0 aliphatic heterocycles. The molecule has 0 amide bonds. The number of aryl methyl sites for hydroxylation is 1. The highest BCUT2D eigenvalue weighted by Crippen LogP contribution is 2.24. The highest BCUT2D eigenvalue weighted by molar-refractivity contribution is 5.85. The lowest BCUT2D eigenvalue weighted by Crippen LogP contribution is -2.10. The zero-order valence-corrected chi connectivity index (χ0v) is 10.6. The fourth-order valence-electron chi connectivity index (χ4n) is 1.52. The van der Waals surface area contributed by atoms with Crippen LogP contribution in [0.15, 0.2) is 30.9 Å². The summed E-state index contributed by atoms with van der Waals surface area (Å²) in [5.41, 5.74) is 7.52. The van der Waals surface area contributed by atoms with Crippen LogP contribution in [0.2, 0.25) is 0 Å².